The Morgan fingerprint density at radius 2 is 2.11 bits per heavy atom. The van der Waals surface area contributed by atoms with Crippen molar-refractivity contribution >= 4 is 17.2 Å². The number of rotatable bonds is 5. The molecule has 0 fully saturated rings. The molecule has 4 nitrogen and oxygen atoms in total. The Morgan fingerprint density at radius 3 is 2.74 bits per heavy atom. The van der Waals surface area contributed by atoms with Crippen molar-refractivity contribution in [3.05, 3.63) is 45.9 Å². The van der Waals surface area contributed by atoms with E-state index in [1.54, 1.807) is 12.5 Å². The first-order chi connectivity index (χ1) is 9.22. The van der Waals surface area contributed by atoms with E-state index in [0.717, 1.165) is 22.7 Å². The van der Waals surface area contributed by atoms with Crippen molar-refractivity contribution in [3.8, 4) is 5.75 Å². The van der Waals surface area contributed by atoms with Crippen LogP contribution in [0.2, 0.25) is 0 Å². The molecule has 0 atom stereocenters. The molecule has 0 bridgehead atoms. The number of methoxy groups -OCH3 is 1. The quantitative estimate of drug-likeness (QED) is 0.913. The number of benzene rings is 1. The third-order valence-corrected chi connectivity index (χ3v) is 3.48. The molecule has 0 spiro atoms. The Hall–Kier alpha value is -1.88. The van der Waals surface area contributed by atoms with Crippen molar-refractivity contribution in [2.45, 2.75) is 13.3 Å². The number of carbonyl (C=O) groups excluding carboxylic acids is 1. The number of nitrogens with one attached hydrogen (secondary N) is 1. The van der Waals surface area contributed by atoms with E-state index in [4.69, 9.17) is 4.74 Å². The topological polar surface area (TPSA) is 51.2 Å². The third kappa shape index (κ3) is 3.54. The molecule has 5 heteroatoms. The second-order valence-corrected chi connectivity index (χ2v) is 4.95. The van der Waals surface area contributed by atoms with Crippen LogP contribution in [0.1, 0.15) is 28.0 Å². The van der Waals surface area contributed by atoms with E-state index < -0.39 is 0 Å². The highest BCUT2D eigenvalue weighted by molar-refractivity contribution is 7.09. The van der Waals surface area contributed by atoms with Gasteiger partial charge in [0.05, 0.1) is 12.1 Å². The molecule has 0 saturated carbocycles. The fourth-order valence-corrected chi connectivity index (χ4v) is 2.47. The summed E-state index contributed by atoms with van der Waals surface area (Å²) in [5.41, 5.74) is 1.65. The van der Waals surface area contributed by atoms with Crippen molar-refractivity contribution in [1.29, 1.82) is 0 Å². The predicted molar refractivity (Wildman–Crippen MR) is 75.9 cm³/mol. The van der Waals surface area contributed by atoms with Gasteiger partial charge in [-0.3, -0.25) is 4.79 Å². The van der Waals surface area contributed by atoms with E-state index in [0.29, 0.717) is 12.2 Å². The van der Waals surface area contributed by atoms with Gasteiger partial charge < -0.3 is 10.1 Å². The van der Waals surface area contributed by atoms with Gasteiger partial charge in [0.2, 0.25) is 0 Å². The fraction of sp³-hybridized carbons (Fsp3) is 0.286. The predicted octanol–water partition coefficient (Wildman–Crippen LogP) is 2.49. The van der Waals surface area contributed by atoms with Gasteiger partial charge in [0.1, 0.15) is 11.4 Å². The number of aromatic nitrogens is 1. The van der Waals surface area contributed by atoms with Crippen molar-refractivity contribution in [2.75, 3.05) is 13.7 Å². The van der Waals surface area contributed by atoms with Gasteiger partial charge in [-0.1, -0.05) is 12.1 Å². The maximum absolute atomic E-state index is 11.6. The summed E-state index contributed by atoms with van der Waals surface area (Å²) < 4.78 is 5.12. The minimum Gasteiger partial charge on any atom is -0.497 e. The van der Waals surface area contributed by atoms with Crippen LogP contribution in [0, 0.1) is 0 Å². The maximum Gasteiger partial charge on any atom is 0.270 e. The van der Waals surface area contributed by atoms with E-state index >= 15 is 0 Å². The molecule has 0 aliphatic heterocycles. The molecule has 19 heavy (non-hydrogen) atoms. The Labute approximate surface area is 116 Å². The molecular formula is C14H16N2O2S. The van der Waals surface area contributed by atoms with E-state index in [1.165, 1.54) is 11.3 Å². The Balaban J connectivity index is 2.04. The maximum atomic E-state index is 11.6. The normalized spacial score (nSPS) is 10.2. The van der Waals surface area contributed by atoms with Crippen molar-refractivity contribution in [1.82, 2.24) is 10.3 Å². The molecule has 1 N–H and O–H groups in total. The molecular weight excluding hydrogens is 260 g/mol. The van der Waals surface area contributed by atoms with Crippen LogP contribution in [-0.4, -0.2) is 24.5 Å². The standard InChI is InChI=1S/C14H16N2O2S/c1-3-15-14(17)12-9-19-13(16-12)8-10-4-6-11(18-2)7-5-10/h4-7,9H,3,8H2,1-2H3,(H,15,17). The zero-order chi connectivity index (χ0) is 13.7. The van der Waals surface area contributed by atoms with Crippen molar-refractivity contribution < 1.29 is 9.53 Å². The van der Waals surface area contributed by atoms with Gasteiger partial charge in [0.25, 0.3) is 5.91 Å². The molecule has 1 aromatic carbocycles. The molecule has 2 aromatic rings. The van der Waals surface area contributed by atoms with Gasteiger partial charge in [0, 0.05) is 18.3 Å². The molecule has 100 valence electrons. The van der Waals surface area contributed by atoms with Crippen molar-refractivity contribution in [2.24, 2.45) is 0 Å². The molecule has 2 rings (SSSR count). The van der Waals surface area contributed by atoms with Crippen LogP contribution in [0.5, 0.6) is 5.75 Å². The Morgan fingerprint density at radius 1 is 1.37 bits per heavy atom. The second-order valence-electron chi connectivity index (χ2n) is 4.01. The van der Waals surface area contributed by atoms with Gasteiger partial charge in [-0.25, -0.2) is 4.98 Å². The largest absolute Gasteiger partial charge is 0.497 e. The van der Waals surface area contributed by atoms with Gasteiger partial charge in [-0.05, 0) is 24.6 Å². The number of ether oxygens (including phenoxy) is 1. The van der Waals surface area contributed by atoms with Crippen LogP contribution in [0.15, 0.2) is 29.6 Å². The highest BCUT2D eigenvalue weighted by Gasteiger charge is 2.09. The van der Waals surface area contributed by atoms with Gasteiger partial charge in [-0.15, -0.1) is 11.3 Å². The summed E-state index contributed by atoms with van der Waals surface area (Å²) in [6.07, 6.45) is 0.730. The number of hydrogen-bond donors (Lipinski definition) is 1. The minimum absolute atomic E-state index is 0.111. The smallest absolute Gasteiger partial charge is 0.270 e. The zero-order valence-corrected chi connectivity index (χ0v) is 11.8. The van der Waals surface area contributed by atoms with Crippen LogP contribution in [0.3, 0.4) is 0 Å². The lowest BCUT2D eigenvalue weighted by atomic mass is 10.1. The summed E-state index contributed by atoms with van der Waals surface area (Å²) in [6, 6.07) is 7.86. The Bertz CT molecular complexity index is 549. The second kappa shape index (κ2) is 6.33. The van der Waals surface area contributed by atoms with Gasteiger partial charge in [-0.2, -0.15) is 0 Å². The third-order valence-electron chi connectivity index (χ3n) is 2.64. The summed E-state index contributed by atoms with van der Waals surface area (Å²) in [4.78, 5) is 16.0. The summed E-state index contributed by atoms with van der Waals surface area (Å²) >= 11 is 1.51. The van der Waals surface area contributed by atoms with Crippen LogP contribution < -0.4 is 10.1 Å². The van der Waals surface area contributed by atoms with E-state index in [2.05, 4.69) is 10.3 Å². The minimum atomic E-state index is -0.111. The molecule has 0 unspecified atom stereocenters. The Kier molecular flexibility index (Phi) is 4.52. The van der Waals surface area contributed by atoms with E-state index in [9.17, 15) is 4.79 Å². The first-order valence-corrected chi connectivity index (χ1v) is 6.96. The monoisotopic (exact) mass is 276 g/mol. The SMILES string of the molecule is CCNC(=O)c1csc(Cc2ccc(OC)cc2)n1. The van der Waals surface area contributed by atoms with Gasteiger partial charge in [0.15, 0.2) is 0 Å². The summed E-state index contributed by atoms with van der Waals surface area (Å²) in [7, 11) is 1.65. The molecule has 0 aliphatic rings. The van der Waals surface area contributed by atoms with E-state index in [1.807, 2.05) is 31.2 Å². The van der Waals surface area contributed by atoms with Gasteiger partial charge >= 0.3 is 0 Å². The van der Waals surface area contributed by atoms with Crippen LogP contribution >= 0.6 is 11.3 Å². The number of amides is 1. The van der Waals surface area contributed by atoms with Crippen LogP contribution in [-0.2, 0) is 6.42 Å². The van der Waals surface area contributed by atoms with E-state index in [-0.39, 0.29) is 5.91 Å². The molecule has 0 radical (unpaired) electrons. The highest BCUT2D eigenvalue weighted by Crippen LogP contribution is 2.17. The zero-order valence-electron chi connectivity index (χ0n) is 11.0. The number of nitrogens with zero attached hydrogens (tertiary/aromatic N) is 1. The highest BCUT2D eigenvalue weighted by atomic mass is 32.1. The van der Waals surface area contributed by atoms with Crippen LogP contribution in [0.4, 0.5) is 0 Å². The number of carbonyl (C=O) groups is 1. The summed E-state index contributed by atoms with van der Waals surface area (Å²) in [5, 5.41) is 5.47. The lowest BCUT2D eigenvalue weighted by Gasteiger charge is -2.01. The molecule has 1 amide bonds. The molecule has 0 aliphatic carbocycles. The fourth-order valence-electron chi connectivity index (χ4n) is 1.67. The summed E-state index contributed by atoms with van der Waals surface area (Å²) in [5.74, 6) is 0.727. The average Bonchev–Trinajstić information content (AvgIpc) is 2.88. The summed E-state index contributed by atoms with van der Waals surface area (Å²) in [6.45, 7) is 2.51. The average molecular weight is 276 g/mol. The number of thiazole rings is 1. The lowest BCUT2D eigenvalue weighted by Crippen LogP contribution is -2.22. The molecule has 1 heterocycles. The first kappa shape index (κ1) is 13.5. The lowest BCUT2D eigenvalue weighted by molar-refractivity contribution is 0.0951. The number of hydrogen-bond acceptors (Lipinski definition) is 4. The van der Waals surface area contributed by atoms with Crippen LogP contribution in [0.25, 0.3) is 0 Å². The molecule has 0 saturated heterocycles. The first-order valence-electron chi connectivity index (χ1n) is 6.08. The molecule has 1 aromatic heterocycles. The van der Waals surface area contributed by atoms with Crippen molar-refractivity contribution in [3.63, 3.8) is 0 Å².